The van der Waals surface area contributed by atoms with Gasteiger partial charge in [-0.1, -0.05) is 16.8 Å². The molecule has 0 amide bonds. The Bertz CT molecular complexity index is 420. The molecule has 1 aromatic rings. The monoisotopic (exact) mass is 228 g/mol. The number of nitrogens with two attached hydrogens (primary N) is 1. The summed E-state index contributed by atoms with van der Waals surface area (Å²) in [4.78, 5) is 0. The topological polar surface area (TPSA) is 77.1 Å². The van der Waals surface area contributed by atoms with Gasteiger partial charge in [0.15, 0.2) is 17.3 Å². The Morgan fingerprint density at radius 3 is 2.87 bits per heavy atom. The summed E-state index contributed by atoms with van der Waals surface area (Å²) in [5.74, 6) is 0.988. The van der Waals surface area contributed by atoms with Crippen LogP contribution < -0.4 is 15.2 Å². The second kappa shape index (κ2) is 3.86. The number of fused-ring (bicyclic) bond motifs is 1. The van der Waals surface area contributed by atoms with Crippen LogP contribution in [0.5, 0.6) is 11.5 Å². The van der Waals surface area contributed by atoms with Crippen LogP contribution in [0.15, 0.2) is 17.3 Å². The first kappa shape index (κ1) is 9.92. The van der Waals surface area contributed by atoms with Crippen LogP contribution in [0.2, 0.25) is 5.02 Å². The molecule has 0 bridgehead atoms. The van der Waals surface area contributed by atoms with Crippen LogP contribution in [0.3, 0.4) is 0 Å². The van der Waals surface area contributed by atoms with Gasteiger partial charge in [0.05, 0.1) is 5.02 Å². The predicted octanol–water partition coefficient (Wildman–Crippen LogP) is 1.21. The maximum absolute atomic E-state index is 8.53. The third-order valence-electron chi connectivity index (χ3n) is 2.00. The Hall–Kier alpha value is -1.62. The fourth-order valence-corrected chi connectivity index (χ4v) is 1.58. The quantitative estimate of drug-likeness (QED) is 0.328. The van der Waals surface area contributed by atoms with E-state index in [4.69, 9.17) is 32.0 Å². The number of amidine groups is 1. The van der Waals surface area contributed by atoms with E-state index in [2.05, 4.69) is 5.16 Å². The Morgan fingerprint density at radius 1 is 1.40 bits per heavy atom. The van der Waals surface area contributed by atoms with E-state index in [-0.39, 0.29) is 5.84 Å². The molecule has 6 heteroatoms. The Balaban J connectivity index is 2.49. The van der Waals surface area contributed by atoms with E-state index in [0.29, 0.717) is 35.3 Å². The first-order chi connectivity index (χ1) is 7.22. The van der Waals surface area contributed by atoms with Gasteiger partial charge in [-0.2, -0.15) is 0 Å². The molecule has 3 N–H and O–H groups in total. The van der Waals surface area contributed by atoms with E-state index in [1.807, 2.05) is 0 Å². The highest BCUT2D eigenvalue weighted by molar-refractivity contribution is 6.32. The summed E-state index contributed by atoms with van der Waals surface area (Å²) in [6, 6.07) is 3.18. The van der Waals surface area contributed by atoms with Crippen molar-refractivity contribution >= 4 is 17.4 Å². The number of ether oxygens (including phenoxy) is 2. The van der Waals surface area contributed by atoms with Crippen molar-refractivity contribution in [3.63, 3.8) is 0 Å². The van der Waals surface area contributed by atoms with Gasteiger partial charge in [-0.15, -0.1) is 0 Å². The van der Waals surface area contributed by atoms with Gasteiger partial charge in [0, 0.05) is 5.56 Å². The van der Waals surface area contributed by atoms with Crippen LogP contribution in [0, 0.1) is 0 Å². The number of halogens is 1. The zero-order valence-electron chi connectivity index (χ0n) is 7.74. The normalized spacial score (nSPS) is 15.1. The zero-order chi connectivity index (χ0) is 10.8. The van der Waals surface area contributed by atoms with Gasteiger partial charge in [0.25, 0.3) is 0 Å². The molecule has 0 aliphatic carbocycles. The number of nitrogens with zero attached hydrogens (tertiary/aromatic N) is 1. The minimum absolute atomic E-state index is 0.0196. The highest BCUT2D eigenvalue weighted by Crippen LogP contribution is 2.38. The van der Waals surface area contributed by atoms with Crippen molar-refractivity contribution in [2.45, 2.75) is 0 Å². The van der Waals surface area contributed by atoms with Crippen molar-refractivity contribution in [3.05, 3.63) is 22.7 Å². The molecule has 0 unspecified atom stereocenters. The minimum Gasteiger partial charge on any atom is -0.486 e. The second-order valence-electron chi connectivity index (χ2n) is 2.97. The molecule has 1 aromatic carbocycles. The maximum Gasteiger partial charge on any atom is 0.179 e. The van der Waals surface area contributed by atoms with Crippen molar-refractivity contribution < 1.29 is 14.7 Å². The molecule has 0 aromatic heterocycles. The number of rotatable bonds is 1. The van der Waals surface area contributed by atoms with Crippen LogP contribution in [0.4, 0.5) is 0 Å². The van der Waals surface area contributed by atoms with Crippen LogP contribution >= 0.6 is 11.6 Å². The second-order valence-corrected chi connectivity index (χ2v) is 3.37. The SMILES string of the molecule is N/C(=N\O)c1cc(Cl)c2c(c1)OCCO2. The van der Waals surface area contributed by atoms with Crippen molar-refractivity contribution in [2.75, 3.05) is 13.2 Å². The smallest absolute Gasteiger partial charge is 0.179 e. The summed E-state index contributed by atoms with van der Waals surface area (Å²) in [5, 5.41) is 11.8. The van der Waals surface area contributed by atoms with Gasteiger partial charge in [-0.25, -0.2) is 0 Å². The average molecular weight is 229 g/mol. The fraction of sp³-hybridized carbons (Fsp3) is 0.222. The van der Waals surface area contributed by atoms with E-state index in [9.17, 15) is 0 Å². The van der Waals surface area contributed by atoms with Crippen LogP contribution in [-0.4, -0.2) is 24.3 Å². The molecule has 0 saturated heterocycles. The number of hydrogen-bond acceptors (Lipinski definition) is 4. The molecule has 1 aliphatic heterocycles. The largest absolute Gasteiger partial charge is 0.486 e. The lowest BCUT2D eigenvalue weighted by Gasteiger charge is -2.19. The molecule has 2 rings (SSSR count). The molecule has 0 fully saturated rings. The summed E-state index contributed by atoms with van der Waals surface area (Å²) in [7, 11) is 0. The third kappa shape index (κ3) is 1.78. The third-order valence-corrected chi connectivity index (χ3v) is 2.28. The molecule has 0 atom stereocenters. The van der Waals surface area contributed by atoms with Gasteiger partial charge < -0.3 is 20.4 Å². The summed E-state index contributed by atoms with van der Waals surface area (Å²) in [6.45, 7) is 0.929. The van der Waals surface area contributed by atoms with Gasteiger partial charge in [-0.05, 0) is 12.1 Å². The van der Waals surface area contributed by atoms with Gasteiger partial charge in [0.1, 0.15) is 13.2 Å². The Morgan fingerprint density at radius 2 is 2.13 bits per heavy atom. The highest BCUT2D eigenvalue weighted by Gasteiger charge is 2.17. The lowest BCUT2D eigenvalue weighted by molar-refractivity contribution is 0.171. The number of hydrogen-bond donors (Lipinski definition) is 2. The van der Waals surface area contributed by atoms with Crippen molar-refractivity contribution in [1.82, 2.24) is 0 Å². The highest BCUT2D eigenvalue weighted by atomic mass is 35.5. The first-order valence-electron chi connectivity index (χ1n) is 4.29. The van der Waals surface area contributed by atoms with Crippen LogP contribution in [-0.2, 0) is 0 Å². The van der Waals surface area contributed by atoms with Crippen molar-refractivity contribution in [2.24, 2.45) is 10.9 Å². The summed E-state index contributed by atoms with van der Waals surface area (Å²) >= 11 is 5.95. The van der Waals surface area contributed by atoms with E-state index in [0.717, 1.165) is 0 Å². The summed E-state index contributed by atoms with van der Waals surface area (Å²) in [6.07, 6.45) is 0. The van der Waals surface area contributed by atoms with Gasteiger partial charge >= 0.3 is 0 Å². The van der Waals surface area contributed by atoms with Crippen molar-refractivity contribution in [3.8, 4) is 11.5 Å². The molecular formula is C9H9ClN2O3. The molecule has 1 aliphatic rings. The predicted molar refractivity (Wildman–Crippen MR) is 55.0 cm³/mol. The standard InChI is InChI=1S/C9H9ClN2O3/c10-6-3-5(9(11)12-13)4-7-8(6)15-2-1-14-7/h3-4,13H,1-2H2,(H2,11,12). The molecule has 15 heavy (non-hydrogen) atoms. The van der Waals surface area contributed by atoms with Crippen molar-refractivity contribution in [1.29, 1.82) is 0 Å². The lowest BCUT2D eigenvalue weighted by Crippen LogP contribution is -2.18. The zero-order valence-corrected chi connectivity index (χ0v) is 8.49. The molecule has 0 radical (unpaired) electrons. The molecule has 80 valence electrons. The van der Waals surface area contributed by atoms with E-state index >= 15 is 0 Å². The number of oxime groups is 1. The van der Waals surface area contributed by atoms with E-state index in [1.165, 1.54) is 0 Å². The number of benzene rings is 1. The van der Waals surface area contributed by atoms with Crippen LogP contribution in [0.25, 0.3) is 0 Å². The average Bonchev–Trinajstić information content (AvgIpc) is 2.28. The molecule has 5 nitrogen and oxygen atoms in total. The molecule has 1 heterocycles. The lowest BCUT2D eigenvalue weighted by atomic mass is 10.2. The Labute approximate surface area is 91.0 Å². The van der Waals surface area contributed by atoms with Gasteiger partial charge in [0.2, 0.25) is 0 Å². The van der Waals surface area contributed by atoms with E-state index in [1.54, 1.807) is 12.1 Å². The summed E-state index contributed by atoms with van der Waals surface area (Å²) in [5.41, 5.74) is 5.93. The van der Waals surface area contributed by atoms with Crippen LogP contribution in [0.1, 0.15) is 5.56 Å². The molecule has 0 saturated carbocycles. The fourth-order valence-electron chi connectivity index (χ4n) is 1.32. The summed E-state index contributed by atoms with van der Waals surface area (Å²) < 4.78 is 10.7. The molecular weight excluding hydrogens is 220 g/mol. The first-order valence-corrected chi connectivity index (χ1v) is 4.67. The molecule has 0 spiro atoms. The maximum atomic E-state index is 8.53. The van der Waals surface area contributed by atoms with Gasteiger partial charge in [-0.3, -0.25) is 0 Å². The minimum atomic E-state index is -0.0196. The van der Waals surface area contributed by atoms with E-state index < -0.39 is 0 Å². The Kier molecular flexibility index (Phi) is 2.55.